The zero-order valence-corrected chi connectivity index (χ0v) is 7.62. The first-order valence-corrected chi connectivity index (χ1v) is 4.43. The second kappa shape index (κ2) is 4.01. The van der Waals surface area contributed by atoms with Crippen LogP contribution in [0.25, 0.3) is 0 Å². The molecule has 1 N–H and O–H groups in total. The third-order valence-corrected chi connectivity index (χ3v) is 2.07. The minimum Gasteiger partial charge on any atom is -0.383 e. The average Bonchev–Trinajstić information content (AvgIpc) is 1.98. The van der Waals surface area contributed by atoms with Gasteiger partial charge in [-0.2, -0.15) is 0 Å². The van der Waals surface area contributed by atoms with Crippen LogP contribution in [-0.4, -0.2) is 29.7 Å². The topological polar surface area (TPSA) is 46.5 Å². The molecule has 0 amide bonds. The van der Waals surface area contributed by atoms with Gasteiger partial charge in [0.1, 0.15) is 6.10 Å². The molecular formula is C9H16O3. The molecule has 0 radical (unpaired) electrons. The van der Waals surface area contributed by atoms with Gasteiger partial charge in [-0.05, 0) is 12.3 Å². The van der Waals surface area contributed by atoms with Gasteiger partial charge in [-0.3, -0.25) is 4.79 Å². The first kappa shape index (κ1) is 9.68. The van der Waals surface area contributed by atoms with Crippen molar-refractivity contribution in [2.75, 3.05) is 6.61 Å². The smallest absolute Gasteiger partial charge is 0.166 e. The number of carbonyl (C=O) groups excluding carboxylic acids is 1. The standard InChI is InChI=1S/C9H16O3/c1-6(2)5-8-9(11)7(10)3-4-12-8/h6,8-9,11H,3-5H2,1-2H3/t8-,9+/m1/s1. The molecule has 1 heterocycles. The summed E-state index contributed by atoms with van der Waals surface area (Å²) in [5, 5.41) is 9.41. The molecular weight excluding hydrogens is 156 g/mol. The largest absolute Gasteiger partial charge is 0.383 e. The third kappa shape index (κ3) is 2.29. The predicted molar refractivity (Wildman–Crippen MR) is 44.8 cm³/mol. The van der Waals surface area contributed by atoms with E-state index in [1.165, 1.54) is 0 Å². The Labute approximate surface area is 72.7 Å². The van der Waals surface area contributed by atoms with Gasteiger partial charge >= 0.3 is 0 Å². The Balaban J connectivity index is 2.46. The van der Waals surface area contributed by atoms with E-state index in [4.69, 9.17) is 4.74 Å². The fraction of sp³-hybridized carbons (Fsp3) is 0.889. The number of carbonyl (C=O) groups is 1. The number of aliphatic hydroxyl groups excluding tert-OH is 1. The van der Waals surface area contributed by atoms with Crippen LogP contribution in [-0.2, 0) is 9.53 Å². The molecule has 0 aromatic heterocycles. The quantitative estimate of drug-likeness (QED) is 0.668. The van der Waals surface area contributed by atoms with Crippen LogP contribution in [0.15, 0.2) is 0 Å². The molecule has 70 valence electrons. The van der Waals surface area contributed by atoms with Crippen molar-refractivity contribution in [2.24, 2.45) is 5.92 Å². The zero-order chi connectivity index (χ0) is 9.14. The highest BCUT2D eigenvalue weighted by molar-refractivity contribution is 5.84. The van der Waals surface area contributed by atoms with Crippen LogP contribution in [0.3, 0.4) is 0 Å². The molecule has 3 nitrogen and oxygen atoms in total. The van der Waals surface area contributed by atoms with Crippen LogP contribution in [0, 0.1) is 5.92 Å². The van der Waals surface area contributed by atoms with Crippen LogP contribution in [0.2, 0.25) is 0 Å². The number of rotatable bonds is 2. The fourth-order valence-electron chi connectivity index (χ4n) is 1.42. The van der Waals surface area contributed by atoms with Crippen molar-refractivity contribution in [1.82, 2.24) is 0 Å². The van der Waals surface area contributed by atoms with Crippen molar-refractivity contribution in [2.45, 2.75) is 38.9 Å². The van der Waals surface area contributed by atoms with E-state index in [0.29, 0.717) is 18.9 Å². The predicted octanol–water partition coefficient (Wildman–Crippen LogP) is 0.751. The summed E-state index contributed by atoms with van der Waals surface area (Å²) in [7, 11) is 0. The van der Waals surface area contributed by atoms with Crippen molar-refractivity contribution in [3.8, 4) is 0 Å². The lowest BCUT2D eigenvalue weighted by molar-refractivity contribution is -0.147. The van der Waals surface area contributed by atoms with Gasteiger partial charge in [0, 0.05) is 6.42 Å². The van der Waals surface area contributed by atoms with Gasteiger partial charge in [-0.25, -0.2) is 0 Å². The first-order valence-electron chi connectivity index (χ1n) is 4.43. The molecule has 1 rings (SSSR count). The fourth-order valence-corrected chi connectivity index (χ4v) is 1.42. The number of aliphatic hydroxyl groups is 1. The van der Waals surface area contributed by atoms with Gasteiger partial charge in [-0.15, -0.1) is 0 Å². The van der Waals surface area contributed by atoms with Gasteiger partial charge < -0.3 is 9.84 Å². The molecule has 0 unspecified atom stereocenters. The van der Waals surface area contributed by atoms with E-state index in [2.05, 4.69) is 13.8 Å². The van der Waals surface area contributed by atoms with Gasteiger partial charge in [0.25, 0.3) is 0 Å². The molecule has 0 aromatic carbocycles. The maximum Gasteiger partial charge on any atom is 0.166 e. The number of ketones is 1. The Hall–Kier alpha value is -0.410. The Morgan fingerprint density at radius 2 is 2.33 bits per heavy atom. The molecule has 0 aromatic rings. The van der Waals surface area contributed by atoms with Gasteiger partial charge in [0.2, 0.25) is 0 Å². The first-order chi connectivity index (χ1) is 5.61. The molecule has 1 fully saturated rings. The van der Waals surface area contributed by atoms with E-state index in [1.807, 2.05) is 0 Å². The van der Waals surface area contributed by atoms with Gasteiger partial charge in [0.05, 0.1) is 12.7 Å². The van der Waals surface area contributed by atoms with E-state index in [0.717, 1.165) is 6.42 Å². The van der Waals surface area contributed by atoms with E-state index in [1.54, 1.807) is 0 Å². The Bertz CT molecular complexity index is 165. The summed E-state index contributed by atoms with van der Waals surface area (Å²) in [5.41, 5.74) is 0. The van der Waals surface area contributed by atoms with Gasteiger partial charge in [0.15, 0.2) is 5.78 Å². The maximum absolute atomic E-state index is 11.1. The number of hydrogen-bond acceptors (Lipinski definition) is 3. The molecule has 3 heteroatoms. The Morgan fingerprint density at radius 3 is 2.92 bits per heavy atom. The van der Waals surface area contributed by atoms with E-state index < -0.39 is 6.10 Å². The molecule has 1 aliphatic heterocycles. The Kier molecular flexibility index (Phi) is 3.23. The molecule has 0 bridgehead atoms. The highest BCUT2D eigenvalue weighted by Crippen LogP contribution is 2.17. The van der Waals surface area contributed by atoms with E-state index in [-0.39, 0.29) is 11.9 Å². The van der Waals surface area contributed by atoms with Crippen LogP contribution in [0.5, 0.6) is 0 Å². The lowest BCUT2D eigenvalue weighted by atomic mass is 9.96. The molecule has 12 heavy (non-hydrogen) atoms. The van der Waals surface area contributed by atoms with Crippen molar-refractivity contribution >= 4 is 5.78 Å². The van der Waals surface area contributed by atoms with Crippen molar-refractivity contribution in [3.63, 3.8) is 0 Å². The molecule has 1 aliphatic rings. The summed E-state index contributed by atoms with van der Waals surface area (Å²) in [6.07, 6.45) is -0.0461. The van der Waals surface area contributed by atoms with Crippen molar-refractivity contribution < 1.29 is 14.6 Å². The lowest BCUT2D eigenvalue weighted by Gasteiger charge is -2.28. The summed E-state index contributed by atoms with van der Waals surface area (Å²) in [6.45, 7) is 4.57. The van der Waals surface area contributed by atoms with E-state index >= 15 is 0 Å². The maximum atomic E-state index is 11.1. The molecule has 0 aliphatic carbocycles. The van der Waals surface area contributed by atoms with E-state index in [9.17, 15) is 9.90 Å². The minimum atomic E-state index is -0.888. The lowest BCUT2D eigenvalue weighted by Crippen LogP contribution is -2.42. The summed E-state index contributed by atoms with van der Waals surface area (Å²) in [4.78, 5) is 11.1. The highest BCUT2D eigenvalue weighted by Gasteiger charge is 2.30. The summed E-state index contributed by atoms with van der Waals surface area (Å²) >= 11 is 0. The van der Waals surface area contributed by atoms with Crippen LogP contribution < -0.4 is 0 Å². The van der Waals surface area contributed by atoms with Crippen LogP contribution in [0.1, 0.15) is 26.7 Å². The Morgan fingerprint density at radius 1 is 1.67 bits per heavy atom. The van der Waals surface area contributed by atoms with Crippen molar-refractivity contribution in [1.29, 1.82) is 0 Å². The SMILES string of the molecule is CC(C)C[C@H]1OCCC(=O)[C@@H]1O. The number of hydrogen-bond donors (Lipinski definition) is 1. The third-order valence-electron chi connectivity index (χ3n) is 2.07. The molecule has 1 saturated heterocycles. The molecule has 0 spiro atoms. The normalized spacial score (nSPS) is 31.2. The van der Waals surface area contributed by atoms with Crippen molar-refractivity contribution in [3.05, 3.63) is 0 Å². The molecule has 2 atom stereocenters. The minimum absolute atomic E-state index is 0.0769. The van der Waals surface area contributed by atoms with Crippen LogP contribution in [0.4, 0.5) is 0 Å². The van der Waals surface area contributed by atoms with Gasteiger partial charge in [-0.1, -0.05) is 13.8 Å². The summed E-state index contributed by atoms with van der Waals surface area (Å²) < 4.78 is 5.30. The zero-order valence-electron chi connectivity index (χ0n) is 7.62. The molecule has 0 saturated carbocycles. The van der Waals surface area contributed by atoms with Crippen LogP contribution >= 0.6 is 0 Å². The number of ether oxygens (including phenoxy) is 1. The number of Topliss-reactive ketones (excluding diaryl/α,β-unsaturated/α-hetero) is 1. The summed E-state index contributed by atoms with van der Waals surface area (Å²) in [5.74, 6) is 0.377. The highest BCUT2D eigenvalue weighted by atomic mass is 16.5. The average molecular weight is 172 g/mol. The second-order valence-corrected chi connectivity index (χ2v) is 3.70. The second-order valence-electron chi connectivity index (χ2n) is 3.70. The monoisotopic (exact) mass is 172 g/mol. The summed E-state index contributed by atoms with van der Waals surface area (Å²) in [6, 6.07) is 0.